The molecule has 0 unspecified atom stereocenters. The minimum Gasteiger partial charge on any atom is -0.497 e. The molecule has 0 saturated heterocycles. The molecule has 0 heterocycles. The Morgan fingerprint density at radius 1 is 1.15 bits per heavy atom. The van der Waals surface area contributed by atoms with Crippen molar-refractivity contribution in [2.75, 3.05) is 7.11 Å². The van der Waals surface area contributed by atoms with Crippen LogP contribution in [0.25, 0.3) is 0 Å². The maximum absolute atomic E-state index is 12.2. The lowest BCUT2D eigenvalue weighted by atomic mass is 10.0. The van der Waals surface area contributed by atoms with E-state index in [1.165, 1.54) is 0 Å². The molecule has 2 aromatic carbocycles. The van der Waals surface area contributed by atoms with E-state index in [2.05, 4.69) is 15.9 Å². The Kier molecular flexibility index (Phi) is 4.96. The molecule has 0 aromatic heterocycles. The largest absolute Gasteiger partial charge is 0.497 e. The van der Waals surface area contributed by atoms with Crippen molar-refractivity contribution in [3.8, 4) is 5.75 Å². The Bertz CT molecular complexity index is 603. The van der Waals surface area contributed by atoms with Gasteiger partial charge in [-0.3, -0.25) is 4.79 Å². The van der Waals surface area contributed by atoms with Crippen molar-refractivity contribution in [1.82, 2.24) is 0 Å². The lowest BCUT2D eigenvalue weighted by Crippen LogP contribution is -2.02. The predicted octanol–water partition coefficient (Wildman–Crippen LogP) is 4.58. The molecule has 0 amide bonds. The second-order valence-corrected chi connectivity index (χ2v) is 5.61. The fourth-order valence-corrected chi connectivity index (χ4v) is 2.75. The van der Waals surface area contributed by atoms with Crippen LogP contribution in [0.15, 0.2) is 46.9 Å². The van der Waals surface area contributed by atoms with Gasteiger partial charge in [0.2, 0.25) is 0 Å². The van der Waals surface area contributed by atoms with Crippen LogP contribution in [0, 0.1) is 6.92 Å². The van der Waals surface area contributed by atoms with Crippen LogP contribution in [-0.4, -0.2) is 12.9 Å². The molecule has 2 rings (SSSR count). The van der Waals surface area contributed by atoms with Gasteiger partial charge in [0.25, 0.3) is 0 Å². The van der Waals surface area contributed by atoms with Crippen molar-refractivity contribution in [2.24, 2.45) is 0 Å². The molecule has 2 nitrogen and oxygen atoms in total. The standard InChI is InChI=1S/C17H17BrO2/c1-12-3-9-15(16(18)11-12)17(19)10-6-13-4-7-14(20-2)8-5-13/h3-5,7-9,11H,6,10H2,1-2H3. The van der Waals surface area contributed by atoms with Gasteiger partial charge in [-0.2, -0.15) is 0 Å². The van der Waals surface area contributed by atoms with Gasteiger partial charge in [-0.1, -0.05) is 40.2 Å². The lowest BCUT2D eigenvalue weighted by molar-refractivity contribution is 0.0982. The third kappa shape index (κ3) is 3.70. The molecule has 20 heavy (non-hydrogen) atoms. The van der Waals surface area contributed by atoms with Crippen LogP contribution in [-0.2, 0) is 6.42 Å². The van der Waals surface area contributed by atoms with Gasteiger partial charge in [0.05, 0.1) is 7.11 Å². The summed E-state index contributed by atoms with van der Waals surface area (Å²) in [6.45, 7) is 2.01. The average molecular weight is 333 g/mol. The minimum absolute atomic E-state index is 0.160. The van der Waals surface area contributed by atoms with E-state index in [4.69, 9.17) is 4.74 Å². The van der Waals surface area contributed by atoms with E-state index in [0.29, 0.717) is 6.42 Å². The number of hydrogen-bond donors (Lipinski definition) is 0. The Balaban J connectivity index is 2.00. The summed E-state index contributed by atoms with van der Waals surface area (Å²) >= 11 is 3.46. The molecular weight excluding hydrogens is 316 g/mol. The molecule has 0 aliphatic rings. The zero-order valence-electron chi connectivity index (χ0n) is 11.7. The lowest BCUT2D eigenvalue weighted by Gasteiger charge is -2.06. The van der Waals surface area contributed by atoms with Crippen molar-refractivity contribution in [3.63, 3.8) is 0 Å². The van der Waals surface area contributed by atoms with E-state index in [-0.39, 0.29) is 5.78 Å². The topological polar surface area (TPSA) is 26.3 Å². The first-order valence-corrected chi connectivity index (χ1v) is 7.31. The molecule has 2 aromatic rings. The number of methoxy groups -OCH3 is 1. The summed E-state index contributed by atoms with van der Waals surface area (Å²) in [5, 5.41) is 0. The molecule has 0 fully saturated rings. The van der Waals surface area contributed by atoms with E-state index >= 15 is 0 Å². The highest BCUT2D eigenvalue weighted by atomic mass is 79.9. The van der Waals surface area contributed by atoms with Crippen LogP contribution in [0.4, 0.5) is 0 Å². The minimum atomic E-state index is 0.160. The SMILES string of the molecule is COc1ccc(CCC(=O)c2ccc(C)cc2Br)cc1. The van der Waals surface area contributed by atoms with E-state index in [9.17, 15) is 4.79 Å². The number of rotatable bonds is 5. The number of halogens is 1. The van der Waals surface area contributed by atoms with Crippen molar-refractivity contribution in [1.29, 1.82) is 0 Å². The van der Waals surface area contributed by atoms with Gasteiger partial charge < -0.3 is 4.74 Å². The van der Waals surface area contributed by atoms with Gasteiger partial charge in [-0.25, -0.2) is 0 Å². The molecule has 0 aliphatic carbocycles. The second kappa shape index (κ2) is 6.71. The molecule has 0 aliphatic heterocycles. The van der Waals surface area contributed by atoms with Crippen LogP contribution in [0.1, 0.15) is 27.9 Å². The van der Waals surface area contributed by atoms with Gasteiger partial charge in [-0.05, 0) is 42.7 Å². The number of ketones is 1. The van der Waals surface area contributed by atoms with Crippen molar-refractivity contribution in [2.45, 2.75) is 19.8 Å². The zero-order chi connectivity index (χ0) is 14.5. The van der Waals surface area contributed by atoms with Crippen molar-refractivity contribution >= 4 is 21.7 Å². The third-order valence-corrected chi connectivity index (χ3v) is 3.88. The fraction of sp³-hybridized carbons (Fsp3) is 0.235. The smallest absolute Gasteiger partial charge is 0.164 e. The average Bonchev–Trinajstić information content (AvgIpc) is 2.45. The Morgan fingerprint density at radius 3 is 2.45 bits per heavy atom. The summed E-state index contributed by atoms with van der Waals surface area (Å²) in [4.78, 5) is 12.2. The predicted molar refractivity (Wildman–Crippen MR) is 84.5 cm³/mol. The van der Waals surface area contributed by atoms with Gasteiger partial charge in [0.15, 0.2) is 5.78 Å². The summed E-state index contributed by atoms with van der Waals surface area (Å²) in [5.74, 6) is 0.994. The number of hydrogen-bond acceptors (Lipinski definition) is 2. The number of aryl methyl sites for hydroxylation is 2. The molecule has 104 valence electrons. The van der Waals surface area contributed by atoms with Crippen LogP contribution in [0.5, 0.6) is 5.75 Å². The first-order chi connectivity index (χ1) is 9.60. The summed E-state index contributed by atoms with van der Waals surface area (Å²) in [6, 6.07) is 13.7. The monoisotopic (exact) mass is 332 g/mol. The molecule has 3 heteroatoms. The maximum atomic E-state index is 12.2. The maximum Gasteiger partial charge on any atom is 0.164 e. The van der Waals surface area contributed by atoms with Crippen molar-refractivity contribution < 1.29 is 9.53 Å². The molecule has 0 N–H and O–H groups in total. The molecule has 0 radical (unpaired) electrons. The molecule has 0 atom stereocenters. The second-order valence-electron chi connectivity index (χ2n) is 4.75. The molecule has 0 bridgehead atoms. The van der Waals surface area contributed by atoms with Gasteiger partial charge in [0.1, 0.15) is 5.75 Å². The van der Waals surface area contributed by atoms with Crippen LogP contribution in [0.3, 0.4) is 0 Å². The number of Topliss-reactive ketones (excluding diaryl/α,β-unsaturated/α-hetero) is 1. The number of carbonyl (C=O) groups is 1. The zero-order valence-corrected chi connectivity index (χ0v) is 13.2. The fourth-order valence-electron chi connectivity index (χ4n) is 2.03. The summed E-state index contributed by atoms with van der Waals surface area (Å²) in [6.07, 6.45) is 1.25. The van der Waals surface area contributed by atoms with E-state index in [1.807, 2.05) is 49.4 Å². The highest BCUT2D eigenvalue weighted by molar-refractivity contribution is 9.10. The third-order valence-electron chi connectivity index (χ3n) is 3.22. The molecular formula is C17H17BrO2. The highest BCUT2D eigenvalue weighted by Gasteiger charge is 2.10. The van der Waals surface area contributed by atoms with E-state index in [0.717, 1.165) is 33.3 Å². The Labute approximate surface area is 127 Å². The first-order valence-electron chi connectivity index (χ1n) is 6.52. The quantitative estimate of drug-likeness (QED) is 0.749. The normalized spacial score (nSPS) is 10.3. The number of benzene rings is 2. The van der Waals surface area contributed by atoms with E-state index < -0.39 is 0 Å². The number of ether oxygens (including phenoxy) is 1. The summed E-state index contributed by atoms with van der Waals surface area (Å²) in [7, 11) is 1.65. The molecule has 0 spiro atoms. The van der Waals surface area contributed by atoms with Gasteiger partial charge >= 0.3 is 0 Å². The highest BCUT2D eigenvalue weighted by Crippen LogP contribution is 2.21. The van der Waals surface area contributed by atoms with Crippen LogP contribution in [0.2, 0.25) is 0 Å². The van der Waals surface area contributed by atoms with Gasteiger partial charge in [-0.15, -0.1) is 0 Å². The number of carbonyl (C=O) groups excluding carboxylic acids is 1. The summed E-state index contributed by atoms with van der Waals surface area (Å²) < 4.78 is 5.99. The Hall–Kier alpha value is -1.61. The van der Waals surface area contributed by atoms with Crippen molar-refractivity contribution in [3.05, 3.63) is 63.6 Å². The summed E-state index contributed by atoms with van der Waals surface area (Å²) in [5.41, 5.74) is 3.04. The van der Waals surface area contributed by atoms with Gasteiger partial charge in [0, 0.05) is 16.5 Å². The molecule has 0 saturated carbocycles. The van der Waals surface area contributed by atoms with Crippen LogP contribution < -0.4 is 4.74 Å². The Morgan fingerprint density at radius 2 is 1.85 bits per heavy atom. The van der Waals surface area contributed by atoms with Crippen LogP contribution >= 0.6 is 15.9 Å². The first kappa shape index (κ1) is 14.8. The van der Waals surface area contributed by atoms with E-state index in [1.54, 1.807) is 7.11 Å².